The maximum atomic E-state index is 3.55. The van der Waals surface area contributed by atoms with Gasteiger partial charge in [0.15, 0.2) is 0 Å². The summed E-state index contributed by atoms with van der Waals surface area (Å²) in [6.45, 7) is 2.33. The highest BCUT2D eigenvalue weighted by molar-refractivity contribution is 8.07. The van der Waals surface area contributed by atoms with E-state index in [2.05, 4.69) is 73.1 Å². The van der Waals surface area contributed by atoms with Crippen LogP contribution in [0.3, 0.4) is 0 Å². The maximum Gasteiger partial charge on any atom is 0.0323 e. The quantitative estimate of drug-likeness (QED) is 0.888. The first-order valence-corrected chi connectivity index (χ1v) is 8.89. The van der Waals surface area contributed by atoms with Crippen molar-refractivity contribution in [2.75, 3.05) is 18.6 Å². The van der Waals surface area contributed by atoms with E-state index < -0.39 is 0 Å². The van der Waals surface area contributed by atoms with Gasteiger partial charge >= 0.3 is 0 Å². The number of benzene rings is 1. The van der Waals surface area contributed by atoms with E-state index in [1.54, 1.807) is 0 Å². The van der Waals surface area contributed by atoms with E-state index in [1.165, 1.54) is 23.5 Å². The second-order valence-electron chi connectivity index (χ2n) is 4.74. The van der Waals surface area contributed by atoms with E-state index in [9.17, 15) is 0 Å². The van der Waals surface area contributed by atoms with Gasteiger partial charge < -0.3 is 5.32 Å². The van der Waals surface area contributed by atoms with Crippen LogP contribution >= 0.6 is 23.5 Å². The number of hydrogen-bond donors (Lipinski definition) is 1. The molecule has 0 spiro atoms. The van der Waals surface area contributed by atoms with Crippen molar-refractivity contribution in [2.45, 2.75) is 36.3 Å². The lowest BCUT2D eigenvalue weighted by molar-refractivity contribution is 0.517. The first kappa shape index (κ1) is 14.3. The maximum absolute atomic E-state index is 3.55. The molecule has 0 aromatic heterocycles. The summed E-state index contributed by atoms with van der Waals surface area (Å²) >= 11 is 4.33. The minimum absolute atomic E-state index is 0.593. The van der Waals surface area contributed by atoms with Gasteiger partial charge in [-0.15, -0.1) is 0 Å². The Morgan fingerprint density at radius 1 is 1.22 bits per heavy atom. The highest BCUT2D eigenvalue weighted by atomic mass is 32.2. The molecule has 1 saturated heterocycles. The summed E-state index contributed by atoms with van der Waals surface area (Å²) in [5, 5.41) is 5.11. The van der Waals surface area contributed by atoms with Crippen LogP contribution in [0.25, 0.3) is 0 Å². The number of rotatable bonds is 5. The van der Waals surface area contributed by atoms with Gasteiger partial charge in [0, 0.05) is 28.0 Å². The molecule has 1 nitrogen and oxygen atoms in total. The Hall–Kier alpha value is -0.120. The van der Waals surface area contributed by atoms with Gasteiger partial charge in [-0.2, -0.15) is 23.5 Å². The van der Waals surface area contributed by atoms with Crippen molar-refractivity contribution in [3.63, 3.8) is 0 Å². The Labute approximate surface area is 120 Å². The third kappa shape index (κ3) is 3.69. The average molecular weight is 281 g/mol. The molecule has 0 amide bonds. The summed E-state index contributed by atoms with van der Waals surface area (Å²) in [7, 11) is 2.11. The average Bonchev–Trinajstić information content (AvgIpc) is 2.46. The molecule has 18 heavy (non-hydrogen) atoms. The summed E-state index contributed by atoms with van der Waals surface area (Å²) in [5.74, 6) is 2.63. The number of nitrogens with one attached hydrogen (secondary N) is 1. The summed E-state index contributed by atoms with van der Waals surface area (Å²) in [6.07, 6.45) is 2.43. The monoisotopic (exact) mass is 281 g/mol. The van der Waals surface area contributed by atoms with Crippen LogP contribution in [0.5, 0.6) is 0 Å². The molecule has 1 fully saturated rings. The first-order valence-electron chi connectivity index (χ1n) is 6.79. The van der Waals surface area contributed by atoms with E-state index in [0.717, 1.165) is 16.9 Å². The van der Waals surface area contributed by atoms with Crippen LogP contribution in [0, 0.1) is 0 Å². The van der Waals surface area contributed by atoms with Crippen LogP contribution in [0.2, 0.25) is 0 Å². The number of hydrogen-bond acceptors (Lipinski definition) is 3. The molecular weight excluding hydrogens is 258 g/mol. The fraction of sp³-hybridized carbons (Fsp3) is 0.600. The predicted molar refractivity (Wildman–Crippen MR) is 85.8 cm³/mol. The van der Waals surface area contributed by atoms with Gasteiger partial charge in [-0.05, 0) is 25.5 Å². The van der Waals surface area contributed by atoms with Crippen molar-refractivity contribution in [3.8, 4) is 0 Å². The van der Waals surface area contributed by atoms with Gasteiger partial charge in [-0.3, -0.25) is 0 Å². The first-order chi connectivity index (χ1) is 8.85. The third-order valence-electron chi connectivity index (χ3n) is 3.56. The van der Waals surface area contributed by atoms with Gasteiger partial charge in [0.25, 0.3) is 0 Å². The normalized spacial score (nSPS) is 25.9. The van der Waals surface area contributed by atoms with Crippen molar-refractivity contribution in [1.82, 2.24) is 5.32 Å². The summed E-state index contributed by atoms with van der Waals surface area (Å²) in [6, 6.07) is 11.5. The summed E-state index contributed by atoms with van der Waals surface area (Å²) < 4.78 is 0. The zero-order valence-corrected chi connectivity index (χ0v) is 12.9. The Kier molecular flexibility index (Phi) is 5.93. The Bertz CT molecular complexity index is 342. The van der Waals surface area contributed by atoms with Crippen LogP contribution in [0.15, 0.2) is 30.3 Å². The van der Waals surface area contributed by atoms with Crippen LogP contribution in [-0.2, 0) is 6.42 Å². The minimum Gasteiger partial charge on any atom is -0.316 e. The highest BCUT2D eigenvalue weighted by Gasteiger charge is 2.31. The van der Waals surface area contributed by atoms with Crippen molar-refractivity contribution >= 4 is 23.5 Å². The third-order valence-corrected chi connectivity index (χ3v) is 6.97. The zero-order valence-electron chi connectivity index (χ0n) is 11.3. The molecule has 0 saturated carbocycles. The van der Waals surface area contributed by atoms with Crippen LogP contribution in [0.4, 0.5) is 0 Å². The van der Waals surface area contributed by atoms with E-state index in [1.807, 2.05) is 0 Å². The lowest BCUT2D eigenvalue weighted by atomic mass is 10.0. The predicted octanol–water partition coefficient (Wildman–Crippen LogP) is 3.44. The topological polar surface area (TPSA) is 12.0 Å². The largest absolute Gasteiger partial charge is 0.316 e. The smallest absolute Gasteiger partial charge is 0.0323 e. The summed E-state index contributed by atoms with van der Waals surface area (Å²) in [4.78, 5) is 0. The second kappa shape index (κ2) is 7.46. The summed E-state index contributed by atoms with van der Waals surface area (Å²) in [5.41, 5.74) is 1.45. The standard InChI is InChI=1S/C15H23NS2/c1-3-14-15(18-10-9-17-14)13(16-2)11-12-7-5-4-6-8-12/h4-8,13-16H,3,9-11H2,1-2H3. The van der Waals surface area contributed by atoms with E-state index in [4.69, 9.17) is 0 Å². The molecule has 0 bridgehead atoms. The Balaban J connectivity index is 2.03. The van der Waals surface area contributed by atoms with Gasteiger partial charge in [-0.25, -0.2) is 0 Å². The molecule has 3 atom stereocenters. The Morgan fingerprint density at radius 2 is 1.94 bits per heavy atom. The van der Waals surface area contributed by atoms with Crippen molar-refractivity contribution in [3.05, 3.63) is 35.9 Å². The molecule has 3 heteroatoms. The molecule has 1 heterocycles. The SMILES string of the molecule is CCC1SCCSC1C(Cc1ccccc1)NC. The fourth-order valence-electron chi connectivity index (χ4n) is 2.56. The lowest BCUT2D eigenvalue weighted by Gasteiger charge is -2.36. The lowest BCUT2D eigenvalue weighted by Crippen LogP contribution is -2.44. The molecule has 0 radical (unpaired) electrons. The van der Waals surface area contributed by atoms with Crippen molar-refractivity contribution < 1.29 is 0 Å². The molecule has 1 aromatic carbocycles. The highest BCUT2D eigenvalue weighted by Crippen LogP contribution is 2.35. The van der Waals surface area contributed by atoms with Crippen LogP contribution < -0.4 is 5.32 Å². The molecule has 3 unspecified atom stereocenters. The molecule has 100 valence electrons. The van der Waals surface area contributed by atoms with E-state index in [-0.39, 0.29) is 0 Å². The van der Waals surface area contributed by atoms with Crippen molar-refractivity contribution in [2.24, 2.45) is 0 Å². The fourth-order valence-corrected chi connectivity index (χ4v) is 5.86. The van der Waals surface area contributed by atoms with Gasteiger partial charge in [0.05, 0.1) is 0 Å². The molecule has 1 aliphatic heterocycles. The minimum atomic E-state index is 0.593. The molecule has 1 N–H and O–H groups in total. The van der Waals surface area contributed by atoms with Crippen molar-refractivity contribution in [1.29, 1.82) is 0 Å². The van der Waals surface area contributed by atoms with Gasteiger partial charge in [-0.1, -0.05) is 37.3 Å². The second-order valence-corrected chi connectivity index (χ2v) is 7.37. The Morgan fingerprint density at radius 3 is 2.61 bits per heavy atom. The van der Waals surface area contributed by atoms with E-state index >= 15 is 0 Å². The zero-order chi connectivity index (χ0) is 12.8. The molecule has 1 aromatic rings. The van der Waals surface area contributed by atoms with E-state index in [0.29, 0.717) is 6.04 Å². The van der Waals surface area contributed by atoms with Gasteiger partial charge in [0.1, 0.15) is 0 Å². The molecule has 1 aliphatic rings. The van der Waals surface area contributed by atoms with Crippen LogP contribution in [-0.4, -0.2) is 35.1 Å². The molecule has 2 rings (SSSR count). The number of thioether (sulfide) groups is 2. The number of likely N-dealkylation sites (N-methyl/N-ethyl adjacent to an activating group) is 1. The molecule has 0 aliphatic carbocycles. The molecular formula is C15H23NS2. The van der Waals surface area contributed by atoms with Crippen LogP contribution in [0.1, 0.15) is 18.9 Å². The van der Waals surface area contributed by atoms with Gasteiger partial charge in [0.2, 0.25) is 0 Å².